The lowest BCUT2D eigenvalue weighted by Gasteiger charge is -2.28. The van der Waals surface area contributed by atoms with Crippen molar-refractivity contribution in [2.24, 2.45) is 0 Å². The highest BCUT2D eigenvalue weighted by atomic mass is 19.1. The minimum absolute atomic E-state index is 0.143. The number of hydrogen-bond donors (Lipinski definition) is 1. The molecule has 2 aromatic rings. The summed E-state index contributed by atoms with van der Waals surface area (Å²) in [5.41, 5.74) is 3.38. The standard InChI is InChI=1S/C13H15FN2/c1-16(2)11-4-8-3-10(14)6-12-13(8)9(5-11)7-15-12/h3,6-7,11,15H,4-5H2,1-2H3. The van der Waals surface area contributed by atoms with Crippen LogP contribution in [0.3, 0.4) is 0 Å². The third-order valence-electron chi connectivity index (χ3n) is 3.55. The van der Waals surface area contributed by atoms with Gasteiger partial charge in [0.2, 0.25) is 0 Å². The Labute approximate surface area is 94.1 Å². The summed E-state index contributed by atoms with van der Waals surface area (Å²) < 4.78 is 13.4. The van der Waals surface area contributed by atoms with Crippen LogP contribution in [0.1, 0.15) is 11.1 Å². The molecule has 0 spiro atoms. The highest BCUT2D eigenvalue weighted by Crippen LogP contribution is 2.31. The van der Waals surface area contributed by atoms with Crippen molar-refractivity contribution >= 4 is 10.9 Å². The maximum Gasteiger partial charge on any atom is 0.125 e. The topological polar surface area (TPSA) is 19.0 Å². The molecule has 0 bridgehead atoms. The van der Waals surface area contributed by atoms with Gasteiger partial charge in [-0.1, -0.05) is 0 Å². The van der Waals surface area contributed by atoms with Crippen LogP contribution in [0.25, 0.3) is 10.9 Å². The molecule has 0 radical (unpaired) electrons. The Morgan fingerprint density at radius 3 is 2.75 bits per heavy atom. The quantitative estimate of drug-likeness (QED) is 0.778. The predicted octanol–water partition coefficient (Wildman–Crippen LogP) is 2.34. The Morgan fingerprint density at radius 2 is 2.00 bits per heavy atom. The minimum atomic E-state index is -0.143. The van der Waals surface area contributed by atoms with Crippen molar-refractivity contribution in [2.75, 3.05) is 14.1 Å². The first-order chi connectivity index (χ1) is 7.65. The van der Waals surface area contributed by atoms with Crippen molar-refractivity contribution in [3.63, 3.8) is 0 Å². The number of H-pyrrole nitrogens is 1. The van der Waals surface area contributed by atoms with Crippen LogP contribution in [0.4, 0.5) is 4.39 Å². The molecular weight excluding hydrogens is 203 g/mol. The van der Waals surface area contributed by atoms with Crippen LogP contribution >= 0.6 is 0 Å². The van der Waals surface area contributed by atoms with E-state index in [1.165, 1.54) is 10.9 Å². The van der Waals surface area contributed by atoms with Crippen molar-refractivity contribution in [2.45, 2.75) is 18.9 Å². The summed E-state index contributed by atoms with van der Waals surface area (Å²) in [6, 6.07) is 3.74. The Morgan fingerprint density at radius 1 is 1.25 bits per heavy atom. The van der Waals surface area contributed by atoms with Gasteiger partial charge in [-0.15, -0.1) is 0 Å². The molecule has 1 unspecified atom stereocenters. The second-order valence-electron chi connectivity index (χ2n) is 4.83. The molecular formula is C13H15FN2. The predicted molar refractivity (Wildman–Crippen MR) is 63.1 cm³/mol. The second kappa shape index (κ2) is 3.32. The molecule has 1 aliphatic carbocycles. The zero-order valence-corrected chi connectivity index (χ0v) is 9.55. The first kappa shape index (κ1) is 9.85. The molecule has 2 nitrogen and oxygen atoms in total. The van der Waals surface area contributed by atoms with Crippen LogP contribution in [-0.4, -0.2) is 30.0 Å². The minimum Gasteiger partial charge on any atom is -0.361 e. The Kier molecular flexibility index (Phi) is 2.04. The van der Waals surface area contributed by atoms with Crippen molar-refractivity contribution in [3.05, 3.63) is 35.3 Å². The van der Waals surface area contributed by atoms with E-state index in [1.54, 1.807) is 12.1 Å². The summed E-state index contributed by atoms with van der Waals surface area (Å²) in [4.78, 5) is 5.38. The molecule has 1 aliphatic rings. The van der Waals surface area contributed by atoms with E-state index in [0.29, 0.717) is 6.04 Å². The summed E-state index contributed by atoms with van der Waals surface area (Å²) in [6.45, 7) is 0. The number of likely N-dealkylation sites (N-methyl/N-ethyl adjacent to an activating group) is 1. The normalized spacial score (nSPS) is 19.6. The van der Waals surface area contributed by atoms with E-state index in [1.807, 2.05) is 6.20 Å². The van der Waals surface area contributed by atoms with Crippen molar-refractivity contribution in [1.82, 2.24) is 9.88 Å². The summed E-state index contributed by atoms with van der Waals surface area (Å²) in [6.07, 6.45) is 4.00. The van der Waals surface area contributed by atoms with Gasteiger partial charge in [0.15, 0.2) is 0 Å². The number of halogens is 1. The van der Waals surface area contributed by atoms with E-state index < -0.39 is 0 Å². The largest absolute Gasteiger partial charge is 0.361 e. The lowest BCUT2D eigenvalue weighted by atomic mass is 9.89. The molecule has 0 saturated heterocycles. The monoisotopic (exact) mass is 218 g/mol. The fourth-order valence-corrected chi connectivity index (χ4v) is 2.66. The first-order valence-corrected chi connectivity index (χ1v) is 5.60. The molecule has 0 saturated carbocycles. The van der Waals surface area contributed by atoms with Crippen LogP contribution in [0, 0.1) is 5.82 Å². The molecule has 1 heterocycles. The third-order valence-corrected chi connectivity index (χ3v) is 3.55. The number of rotatable bonds is 1. The van der Waals surface area contributed by atoms with E-state index in [9.17, 15) is 4.39 Å². The van der Waals surface area contributed by atoms with Gasteiger partial charge in [-0.3, -0.25) is 0 Å². The number of hydrogen-bond acceptors (Lipinski definition) is 1. The molecule has 1 atom stereocenters. The number of nitrogens with zero attached hydrogens (tertiary/aromatic N) is 1. The van der Waals surface area contributed by atoms with Gasteiger partial charge in [-0.05, 0) is 50.2 Å². The molecule has 0 fully saturated rings. The fraction of sp³-hybridized carbons (Fsp3) is 0.385. The van der Waals surface area contributed by atoms with Crippen LogP contribution in [0.15, 0.2) is 18.3 Å². The van der Waals surface area contributed by atoms with Gasteiger partial charge in [0, 0.05) is 23.1 Å². The van der Waals surface area contributed by atoms with Gasteiger partial charge >= 0.3 is 0 Å². The first-order valence-electron chi connectivity index (χ1n) is 5.60. The van der Waals surface area contributed by atoms with E-state index in [4.69, 9.17) is 0 Å². The Bertz CT molecular complexity index is 542. The number of nitrogens with one attached hydrogen (secondary N) is 1. The number of benzene rings is 1. The zero-order valence-electron chi connectivity index (χ0n) is 9.55. The van der Waals surface area contributed by atoms with Gasteiger partial charge in [-0.25, -0.2) is 4.39 Å². The van der Waals surface area contributed by atoms with Gasteiger partial charge in [0.1, 0.15) is 5.82 Å². The van der Waals surface area contributed by atoms with Gasteiger partial charge in [-0.2, -0.15) is 0 Å². The molecule has 16 heavy (non-hydrogen) atoms. The lowest BCUT2D eigenvalue weighted by Crippen LogP contribution is -2.34. The van der Waals surface area contributed by atoms with Crippen molar-refractivity contribution in [1.29, 1.82) is 0 Å². The molecule has 3 heteroatoms. The average Bonchev–Trinajstić information content (AvgIpc) is 2.62. The molecule has 1 N–H and O–H groups in total. The van der Waals surface area contributed by atoms with E-state index in [-0.39, 0.29) is 5.82 Å². The fourth-order valence-electron chi connectivity index (χ4n) is 2.66. The van der Waals surface area contributed by atoms with Crippen molar-refractivity contribution in [3.8, 4) is 0 Å². The lowest BCUT2D eigenvalue weighted by molar-refractivity contribution is 0.287. The van der Waals surface area contributed by atoms with Crippen LogP contribution in [0.5, 0.6) is 0 Å². The highest BCUT2D eigenvalue weighted by Gasteiger charge is 2.23. The Hall–Kier alpha value is -1.35. The summed E-state index contributed by atoms with van der Waals surface area (Å²) >= 11 is 0. The van der Waals surface area contributed by atoms with Crippen LogP contribution < -0.4 is 0 Å². The van der Waals surface area contributed by atoms with Crippen LogP contribution in [-0.2, 0) is 12.8 Å². The van der Waals surface area contributed by atoms with Gasteiger partial charge in [0.25, 0.3) is 0 Å². The average molecular weight is 218 g/mol. The van der Waals surface area contributed by atoms with E-state index >= 15 is 0 Å². The maximum atomic E-state index is 13.4. The second-order valence-corrected chi connectivity index (χ2v) is 4.83. The van der Waals surface area contributed by atoms with Crippen molar-refractivity contribution < 1.29 is 4.39 Å². The van der Waals surface area contributed by atoms with Gasteiger partial charge in [0.05, 0.1) is 0 Å². The summed E-state index contributed by atoms with van der Waals surface area (Å²) in [5, 5.41) is 1.24. The molecule has 0 aliphatic heterocycles. The van der Waals surface area contributed by atoms with Gasteiger partial charge < -0.3 is 9.88 Å². The number of aromatic amines is 1. The smallest absolute Gasteiger partial charge is 0.125 e. The summed E-state index contributed by atoms with van der Waals surface area (Å²) in [5.74, 6) is -0.143. The molecule has 3 rings (SSSR count). The molecule has 84 valence electrons. The Balaban J connectivity index is 2.18. The maximum absolute atomic E-state index is 13.4. The molecule has 0 amide bonds. The third kappa shape index (κ3) is 1.35. The summed E-state index contributed by atoms with van der Waals surface area (Å²) in [7, 11) is 4.16. The van der Waals surface area contributed by atoms with E-state index in [0.717, 1.165) is 23.9 Å². The molecule has 1 aromatic heterocycles. The van der Waals surface area contributed by atoms with E-state index in [2.05, 4.69) is 24.0 Å². The van der Waals surface area contributed by atoms with Crippen LogP contribution in [0.2, 0.25) is 0 Å². The zero-order chi connectivity index (χ0) is 11.3. The number of aromatic nitrogens is 1. The SMILES string of the molecule is CN(C)C1Cc2c[nH]c3cc(F)cc(c23)C1. The highest BCUT2D eigenvalue weighted by molar-refractivity contribution is 5.87. The molecule has 1 aromatic carbocycles.